The van der Waals surface area contributed by atoms with Gasteiger partial charge in [0.25, 0.3) is 0 Å². The van der Waals surface area contributed by atoms with Crippen molar-refractivity contribution in [3.63, 3.8) is 0 Å². The van der Waals surface area contributed by atoms with Crippen LogP contribution < -0.4 is 5.32 Å². The number of carbonyl (C=O) groups is 1. The van der Waals surface area contributed by atoms with Crippen molar-refractivity contribution in [1.82, 2.24) is 5.32 Å². The Morgan fingerprint density at radius 1 is 1.50 bits per heavy atom. The summed E-state index contributed by atoms with van der Waals surface area (Å²) in [5, 5.41) is 2.83. The minimum Gasteiger partial charge on any atom is -0.351 e. The van der Waals surface area contributed by atoms with Crippen LogP contribution in [0.2, 0.25) is 0 Å². The third-order valence-corrected chi connectivity index (χ3v) is 1.28. The van der Waals surface area contributed by atoms with Crippen molar-refractivity contribution in [2.75, 3.05) is 0 Å². The van der Waals surface area contributed by atoms with Crippen LogP contribution in [0.4, 0.5) is 0 Å². The maximum atomic E-state index is 11.0. The predicted molar refractivity (Wildman–Crippen MR) is 46.3 cm³/mol. The number of carbonyl (C=O) groups excluding carboxylic acids is 1. The lowest BCUT2D eigenvalue weighted by Gasteiger charge is -2.21. The maximum absolute atomic E-state index is 11.0. The molecule has 1 atom stereocenters. The SMILES string of the molecule is C[C@H](Br)C(=O)NC(C)(C)C. The highest BCUT2D eigenvalue weighted by atomic mass is 79.9. The van der Waals surface area contributed by atoms with Crippen LogP contribution in [0.25, 0.3) is 0 Å². The van der Waals surface area contributed by atoms with E-state index in [1.165, 1.54) is 0 Å². The van der Waals surface area contributed by atoms with Crippen LogP contribution in [-0.2, 0) is 4.79 Å². The molecule has 0 spiro atoms. The largest absolute Gasteiger partial charge is 0.351 e. The smallest absolute Gasteiger partial charge is 0.233 e. The van der Waals surface area contributed by atoms with Crippen LogP contribution in [-0.4, -0.2) is 16.3 Å². The zero-order chi connectivity index (χ0) is 8.36. The molecule has 60 valence electrons. The van der Waals surface area contributed by atoms with Gasteiger partial charge in [-0.2, -0.15) is 0 Å². The van der Waals surface area contributed by atoms with Gasteiger partial charge in [-0.05, 0) is 27.7 Å². The number of nitrogens with one attached hydrogen (secondary N) is 1. The highest BCUT2D eigenvalue weighted by Crippen LogP contribution is 2.03. The van der Waals surface area contributed by atoms with Gasteiger partial charge < -0.3 is 5.32 Å². The van der Waals surface area contributed by atoms with Gasteiger partial charge in [0, 0.05) is 5.54 Å². The van der Waals surface area contributed by atoms with Gasteiger partial charge in [-0.3, -0.25) is 4.79 Å². The molecule has 0 heterocycles. The molecule has 0 aliphatic heterocycles. The van der Waals surface area contributed by atoms with Gasteiger partial charge in [0.1, 0.15) is 0 Å². The predicted octanol–water partition coefficient (Wildman–Crippen LogP) is 1.68. The zero-order valence-corrected chi connectivity index (χ0v) is 8.45. The Morgan fingerprint density at radius 3 is 2.00 bits per heavy atom. The molecule has 0 aromatic carbocycles. The normalized spacial score (nSPS) is 14.5. The van der Waals surface area contributed by atoms with Crippen molar-refractivity contribution in [1.29, 1.82) is 0 Å². The average Bonchev–Trinajstić information content (AvgIpc) is 1.60. The monoisotopic (exact) mass is 207 g/mol. The van der Waals surface area contributed by atoms with Crippen molar-refractivity contribution >= 4 is 21.8 Å². The summed E-state index contributed by atoms with van der Waals surface area (Å²) in [6.07, 6.45) is 0. The summed E-state index contributed by atoms with van der Waals surface area (Å²) in [6, 6.07) is 0. The van der Waals surface area contributed by atoms with E-state index in [9.17, 15) is 4.79 Å². The maximum Gasteiger partial charge on any atom is 0.233 e. The van der Waals surface area contributed by atoms with Gasteiger partial charge in [0.05, 0.1) is 4.83 Å². The quantitative estimate of drug-likeness (QED) is 0.652. The van der Waals surface area contributed by atoms with Crippen LogP contribution in [0.1, 0.15) is 27.7 Å². The first-order valence-electron chi connectivity index (χ1n) is 3.29. The lowest BCUT2D eigenvalue weighted by molar-refractivity contribution is -0.121. The number of halogens is 1. The molecule has 0 fully saturated rings. The van der Waals surface area contributed by atoms with Crippen molar-refractivity contribution in [3.8, 4) is 0 Å². The van der Waals surface area contributed by atoms with Crippen molar-refractivity contribution < 1.29 is 4.79 Å². The fourth-order valence-corrected chi connectivity index (χ4v) is 0.584. The molecule has 0 radical (unpaired) electrons. The molecule has 10 heavy (non-hydrogen) atoms. The summed E-state index contributed by atoms with van der Waals surface area (Å²) in [7, 11) is 0. The second-order valence-electron chi connectivity index (χ2n) is 3.36. The van der Waals surface area contributed by atoms with Gasteiger partial charge in [-0.1, -0.05) is 15.9 Å². The van der Waals surface area contributed by atoms with Crippen LogP contribution in [0.5, 0.6) is 0 Å². The Kier molecular flexibility index (Phi) is 3.36. The Hall–Kier alpha value is -0.0500. The Labute approximate surface area is 70.5 Å². The van der Waals surface area contributed by atoms with Crippen molar-refractivity contribution in [2.45, 2.75) is 38.1 Å². The lowest BCUT2D eigenvalue weighted by Crippen LogP contribution is -2.43. The van der Waals surface area contributed by atoms with Crippen molar-refractivity contribution in [3.05, 3.63) is 0 Å². The lowest BCUT2D eigenvalue weighted by atomic mass is 10.1. The highest BCUT2D eigenvalue weighted by molar-refractivity contribution is 9.10. The molecule has 0 aromatic heterocycles. The number of alkyl halides is 1. The summed E-state index contributed by atoms with van der Waals surface area (Å²) in [4.78, 5) is 10.9. The fraction of sp³-hybridized carbons (Fsp3) is 0.857. The number of hydrogen-bond donors (Lipinski definition) is 1. The molecule has 0 aromatic rings. The van der Waals surface area contributed by atoms with E-state index in [1.807, 2.05) is 20.8 Å². The average molecular weight is 208 g/mol. The second-order valence-corrected chi connectivity index (χ2v) is 4.73. The molecule has 0 saturated heterocycles. The summed E-state index contributed by atoms with van der Waals surface area (Å²) in [5.41, 5.74) is -0.126. The van der Waals surface area contributed by atoms with Gasteiger partial charge in [0.2, 0.25) is 5.91 Å². The first-order valence-corrected chi connectivity index (χ1v) is 4.20. The summed E-state index contributed by atoms with van der Waals surface area (Å²) < 4.78 is 0. The summed E-state index contributed by atoms with van der Waals surface area (Å²) in [5.74, 6) is 0.0347. The number of amides is 1. The molecule has 2 nitrogen and oxygen atoms in total. The first kappa shape index (κ1) is 9.95. The molecule has 0 bridgehead atoms. The summed E-state index contributed by atoms with van der Waals surface area (Å²) >= 11 is 3.18. The molecule has 1 amide bonds. The molecule has 0 aliphatic carbocycles. The van der Waals surface area contributed by atoms with E-state index < -0.39 is 0 Å². The molecular formula is C7H14BrNO. The standard InChI is InChI=1S/C7H14BrNO/c1-5(8)6(10)9-7(2,3)4/h5H,1-4H3,(H,9,10)/t5-/m0/s1. The van der Waals surface area contributed by atoms with E-state index in [-0.39, 0.29) is 16.3 Å². The van der Waals surface area contributed by atoms with Crippen LogP contribution in [0.3, 0.4) is 0 Å². The van der Waals surface area contributed by atoms with E-state index in [0.717, 1.165) is 0 Å². The Bertz CT molecular complexity index is 126. The third-order valence-electron chi connectivity index (χ3n) is 0.859. The minimum atomic E-state index is -0.126. The molecule has 1 N–H and O–H groups in total. The first-order chi connectivity index (χ1) is 4.33. The van der Waals surface area contributed by atoms with Crippen LogP contribution in [0.15, 0.2) is 0 Å². The fourth-order valence-electron chi connectivity index (χ4n) is 0.469. The highest BCUT2D eigenvalue weighted by Gasteiger charge is 2.16. The van der Waals surface area contributed by atoms with E-state index in [2.05, 4.69) is 21.2 Å². The molecule has 0 unspecified atom stereocenters. The third kappa shape index (κ3) is 4.79. The second kappa shape index (κ2) is 3.37. The molecule has 0 saturated carbocycles. The molecule has 0 aliphatic rings. The van der Waals surface area contributed by atoms with E-state index >= 15 is 0 Å². The van der Waals surface area contributed by atoms with Gasteiger partial charge in [-0.15, -0.1) is 0 Å². The zero-order valence-electron chi connectivity index (χ0n) is 6.86. The van der Waals surface area contributed by atoms with Crippen LogP contribution in [0, 0.1) is 0 Å². The van der Waals surface area contributed by atoms with Crippen LogP contribution >= 0.6 is 15.9 Å². The van der Waals surface area contributed by atoms with E-state index in [0.29, 0.717) is 0 Å². The van der Waals surface area contributed by atoms with E-state index in [1.54, 1.807) is 6.92 Å². The number of rotatable bonds is 1. The minimum absolute atomic E-state index is 0.0347. The van der Waals surface area contributed by atoms with Gasteiger partial charge >= 0.3 is 0 Å². The Balaban J connectivity index is 3.81. The van der Waals surface area contributed by atoms with Crippen molar-refractivity contribution in [2.24, 2.45) is 0 Å². The van der Waals surface area contributed by atoms with E-state index in [4.69, 9.17) is 0 Å². The molecule has 3 heteroatoms. The van der Waals surface area contributed by atoms with Gasteiger partial charge in [-0.25, -0.2) is 0 Å². The summed E-state index contributed by atoms with van der Waals surface area (Å²) in [6.45, 7) is 7.68. The molecular weight excluding hydrogens is 194 g/mol. The Morgan fingerprint density at radius 2 is 1.90 bits per heavy atom. The topological polar surface area (TPSA) is 29.1 Å². The van der Waals surface area contributed by atoms with Gasteiger partial charge in [0.15, 0.2) is 0 Å². The molecule has 0 rings (SSSR count). The number of hydrogen-bond acceptors (Lipinski definition) is 1.